The number of ether oxygens (including phenoxy) is 1. The number of nitrogens with zero attached hydrogens (tertiary/aromatic N) is 2. The third-order valence-electron chi connectivity index (χ3n) is 2.91. The molecule has 7 heteroatoms. The number of morpholine rings is 1. The average Bonchev–Trinajstić information content (AvgIpc) is 2.45. The second-order valence-electron chi connectivity index (χ2n) is 4.22. The Balaban J connectivity index is 0.00000200. The Kier molecular flexibility index (Phi) is 8.56. The van der Waals surface area contributed by atoms with Gasteiger partial charge in [-0.2, -0.15) is 0 Å². The molecule has 0 unspecified atom stereocenters. The van der Waals surface area contributed by atoms with Crippen LogP contribution in [0.2, 0.25) is 0 Å². The average molecular weight is 381 g/mol. The fourth-order valence-corrected chi connectivity index (χ4v) is 3.18. The highest BCUT2D eigenvalue weighted by molar-refractivity contribution is 9.10. The third-order valence-corrected chi connectivity index (χ3v) is 4.38. The summed E-state index contributed by atoms with van der Waals surface area (Å²) in [5.74, 6) is 0.909. The first-order valence-corrected chi connectivity index (χ1v) is 7.98. The van der Waals surface area contributed by atoms with E-state index in [4.69, 9.17) is 9.94 Å². The maximum absolute atomic E-state index is 9.13. The fraction of sp³-hybridized carbons (Fsp3) is 0.462. The fourth-order valence-electron chi connectivity index (χ4n) is 1.89. The van der Waals surface area contributed by atoms with Gasteiger partial charge in [0, 0.05) is 35.4 Å². The SMILES string of the molecule is O/N=C(/SCCN1CCOCC1)c1cccc(Br)c1.[Cl-]. The van der Waals surface area contributed by atoms with Gasteiger partial charge in [-0.05, 0) is 12.1 Å². The summed E-state index contributed by atoms with van der Waals surface area (Å²) in [5, 5.41) is 13.2. The molecule has 0 aliphatic carbocycles. The van der Waals surface area contributed by atoms with Crippen molar-refractivity contribution < 1.29 is 22.4 Å². The molecule has 112 valence electrons. The van der Waals surface area contributed by atoms with Crippen molar-refractivity contribution in [2.75, 3.05) is 38.6 Å². The van der Waals surface area contributed by atoms with E-state index in [1.54, 1.807) is 11.8 Å². The van der Waals surface area contributed by atoms with Gasteiger partial charge in [0.2, 0.25) is 0 Å². The van der Waals surface area contributed by atoms with Gasteiger partial charge in [0.25, 0.3) is 0 Å². The highest BCUT2D eigenvalue weighted by Crippen LogP contribution is 2.18. The summed E-state index contributed by atoms with van der Waals surface area (Å²) < 4.78 is 6.30. The molecule has 4 nitrogen and oxygen atoms in total. The number of benzene rings is 1. The summed E-state index contributed by atoms with van der Waals surface area (Å²) in [5.41, 5.74) is 0.934. The van der Waals surface area contributed by atoms with E-state index in [9.17, 15) is 0 Å². The van der Waals surface area contributed by atoms with Crippen molar-refractivity contribution in [2.24, 2.45) is 5.16 Å². The van der Waals surface area contributed by atoms with Crippen molar-refractivity contribution in [1.29, 1.82) is 0 Å². The summed E-state index contributed by atoms with van der Waals surface area (Å²) >= 11 is 5.00. The highest BCUT2D eigenvalue weighted by Gasteiger charge is 2.11. The van der Waals surface area contributed by atoms with Gasteiger partial charge < -0.3 is 22.4 Å². The predicted molar refractivity (Wildman–Crippen MR) is 82.2 cm³/mol. The lowest BCUT2D eigenvalue weighted by atomic mass is 10.2. The molecule has 0 saturated carbocycles. The van der Waals surface area contributed by atoms with Crippen LogP contribution in [0.5, 0.6) is 0 Å². The molecule has 0 aromatic heterocycles. The maximum Gasteiger partial charge on any atom is 0.143 e. The summed E-state index contributed by atoms with van der Waals surface area (Å²) in [6, 6.07) is 7.79. The lowest BCUT2D eigenvalue weighted by Gasteiger charge is -2.26. The highest BCUT2D eigenvalue weighted by atomic mass is 79.9. The van der Waals surface area contributed by atoms with Crippen LogP contribution >= 0.6 is 27.7 Å². The van der Waals surface area contributed by atoms with E-state index in [2.05, 4.69) is 26.0 Å². The number of oxime groups is 1. The summed E-state index contributed by atoms with van der Waals surface area (Å²) in [6.45, 7) is 4.60. The minimum Gasteiger partial charge on any atom is -1.00 e. The molecule has 0 amide bonds. The van der Waals surface area contributed by atoms with Gasteiger partial charge >= 0.3 is 0 Å². The standard InChI is InChI=1S/C13H17BrN2O2S.ClH/c14-12-3-1-2-11(10-12)13(15-17)19-9-6-16-4-7-18-8-5-16;/h1-3,10,17H,4-9H2;1H/p-1/b15-13+;. The zero-order chi connectivity index (χ0) is 13.5. The van der Waals surface area contributed by atoms with Gasteiger partial charge in [0.15, 0.2) is 0 Å². The molecule has 0 atom stereocenters. The molecule has 0 spiro atoms. The van der Waals surface area contributed by atoms with Crippen LogP contribution in [0.1, 0.15) is 5.56 Å². The van der Waals surface area contributed by atoms with Gasteiger partial charge in [0.05, 0.1) is 13.2 Å². The lowest BCUT2D eigenvalue weighted by molar-refractivity contribution is -0.00000590. The number of thioether (sulfide) groups is 1. The molecule has 1 fully saturated rings. The topological polar surface area (TPSA) is 45.1 Å². The van der Waals surface area contributed by atoms with Crippen LogP contribution < -0.4 is 12.4 Å². The Bertz CT molecular complexity index is 442. The molecule has 2 rings (SSSR count). The molecule has 1 aliphatic heterocycles. The first-order valence-electron chi connectivity index (χ1n) is 6.20. The molecule has 1 heterocycles. The second-order valence-corrected chi connectivity index (χ2v) is 6.22. The minimum atomic E-state index is 0. The Morgan fingerprint density at radius 1 is 1.40 bits per heavy atom. The zero-order valence-corrected chi connectivity index (χ0v) is 14.1. The minimum absolute atomic E-state index is 0. The van der Waals surface area contributed by atoms with Crippen LogP contribution in [-0.2, 0) is 4.74 Å². The normalized spacial score (nSPS) is 16.8. The van der Waals surface area contributed by atoms with Crippen LogP contribution in [0.15, 0.2) is 33.9 Å². The molecule has 1 N–H and O–H groups in total. The van der Waals surface area contributed by atoms with Gasteiger partial charge in [-0.3, -0.25) is 4.90 Å². The summed E-state index contributed by atoms with van der Waals surface area (Å²) in [6.07, 6.45) is 0. The number of rotatable bonds is 4. The van der Waals surface area contributed by atoms with Crippen molar-refractivity contribution >= 4 is 32.7 Å². The van der Waals surface area contributed by atoms with Crippen molar-refractivity contribution in [3.63, 3.8) is 0 Å². The van der Waals surface area contributed by atoms with Gasteiger partial charge in [-0.15, -0.1) is 11.8 Å². The van der Waals surface area contributed by atoms with E-state index >= 15 is 0 Å². The summed E-state index contributed by atoms with van der Waals surface area (Å²) in [7, 11) is 0. The van der Waals surface area contributed by atoms with Crippen LogP contribution in [0, 0.1) is 0 Å². The second kappa shape index (κ2) is 9.63. The Morgan fingerprint density at radius 2 is 2.15 bits per heavy atom. The summed E-state index contributed by atoms with van der Waals surface area (Å²) in [4.78, 5) is 2.37. The maximum atomic E-state index is 9.13. The molecule has 20 heavy (non-hydrogen) atoms. The smallest absolute Gasteiger partial charge is 0.143 e. The van der Waals surface area contributed by atoms with Crippen LogP contribution in [0.25, 0.3) is 0 Å². The first-order chi connectivity index (χ1) is 9.29. The van der Waals surface area contributed by atoms with Crippen LogP contribution in [-0.4, -0.2) is 53.8 Å². The number of hydrogen-bond donors (Lipinski definition) is 1. The molecule has 1 aromatic rings. The van der Waals surface area contributed by atoms with Gasteiger partial charge in [-0.1, -0.05) is 33.2 Å². The van der Waals surface area contributed by atoms with E-state index in [0.29, 0.717) is 5.04 Å². The largest absolute Gasteiger partial charge is 1.00 e. The molecule has 0 radical (unpaired) electrons. The number of hydrogen-bond acceptors (Lipinski definition) is 5. The van der Waals surface area contributed by atoms with Gasteiger partial charge in [-0.25, -0.2) is 0 Å². The monoisotopic (exact) mass is 379 g/mol. The molecule has 0 bridgehead atoms. The Hall–Kier alpha value is -0.270. The van der Waals surface area contributed by atoms with E-state index in [1.165, 1.54) is 0 Å². The molecular weight excluding hydrogens is 364 g/mol. The molecule has 1 saturated heterocycles. The van der Waals surface area contributed by atoms with E-state index in [1.807, 2.05) is 24.3 Å². The van der Waals surface area contributed by atoms with Crippen molar-refractivity contribution in [2.45, 2.75) is 0 Å². The Labute approximate surface area is 138 Å². The van der Waals surface area contributed by atoms with E-state index in [0.717, 1.165) is 48.6 Å². The predicted octanol–water partition coefficient (Wildman–Crippen LogP) is -0.346. The van der Waals surface area contributed by atoms with Gasteiger partial charge in [0.1, 0.15) is 5.04 Å². The number of halogens is 2. The zero-order valence-electron chi connectivity index (χ0n) is 11.0. The van der Waals surface area contributed by atoms with Crippen molar-refractivity contribution in [1.82, 2.24) is 4.90 Å². The first kappa shape index (κ1) is 17.8. The molecular formula is C13H17BrClN2O2S-. The molecule has 1 aromatic carbocycles. The lowest BCUT2D eigenvalue weighted by Crippen LogP contribution is -3.00. The van der Waals surface area contributed by atoms with Crippen molar-refractivity contribution in [3.8, 4) is 0 Å². The molecule has 1 aliphatic rings. The van der Waals surface area contributed by atoms with Crippen LogP contribution in [0.4, 0.5) is 0 Å². The third kappa shape index (κ3) is 5.61. The van der Waals surface area contributed by atoms with E-state index < -0.39 is 0 Å². The quantitative estimate of drug-likeness (QED) is 0.336. The van der Waals surface area contributed by atoms with E-state index in [-0.39, 0.29) is 12.4 Å². The van der Waals surface area contributed by atoms with Crippen LogP contribution in [0.3, 0.4) is 0 Å². The van der Waals surface area contributed by atoms with Crippen molar-refractivity contribution in [3.05, 3.63) is 34.3 Å². The Morgan fingerprint density at radius 3 is 2.80 bits per heavy atom.